The third-order valence-electron chi connectivity index (χ3n) is 3.32. The van der Waals surface area contributed by atoms with Crippen molar-refractivity contribution in [2.75, 3.05) is 17.7 Å². The summed E-state index contributed by atoms with van der Waals surface area (Å²) in [6, 6.07) is 3.28. The second-order valence-corrected chi connectivity index (χ2v) is 4.94. The normalized spacial score (nSPS) is 22.8. The lowest BCUT2D eigenvalue weighted by atomic mass is 10.0. The Morgan fingerprint density at radius 3 is 2.70 bits per heavy atom. The van der Waals surface area contributed by atoms with Crippen molar-refractivity contribution in [1.29, 1.82) is 0 Å². The van der Waals surface area contributed by atoms with Crippen LogP contribution in [0.4, 0.5) is 24.5 Å². The molecule has 0 spiro atoms. The molecule has 1 saturated heterocycles. The van der Waals surface area contributed by atoms with Crippen molar-refractivity contribution in [1.82, 2.24) is 0 Å². The average Bonchev–Trinajstić information content (AvgIpc) is 2.78. The summed E-state index contributed by atoms with van der Waals surface area (Å²) in [7, 11) is 0. The van der Waals surface area contributed by atoms with E-state index in [-0.39, 0.29) is 11.4 Å². The highest BCUT2D eigenvalue weighted by molar-refractivity contribution is 5.97. The lowest BCUT2D eigenvalue weighted by molar-refractivity contribution is -0.137. The molecule has 1 aliphatic heterocycles. The average molecular weight is 288 g/mol. The number of rotatable bonds is 2. The van der Waals surface area contributed by atoms with Crippen LogP contribution >= 0.6 is 0 Å². The van der Waals surface area contributed by atoms with Gasteiger partial charge in [0, 0.05) is 18.0 Å². The molecular formula is C13H15F3N2O2. The molecule has 0 radical (unpaired) electrons. The molecule has 0 aromatic heterocycles. The molecule has 1 aromatic rings. The molecule has 7 heteroatoms. The second kappa shape index (κ2) is 4.97. The molecule has 0 saturated carbocycles. The van der Waals surface area contributed by atoms with Gasteiger partial charge in [0.05, 0.1) is 5.56 Å². The van der Waals surface area contributed by atoms with E-state index >= 15 is 0 Å². The van der Waals surface area contributed by atoms with E-state index in [2.05, 4.69) is 5.32 Å². The van der Waals surface area contributed by atoms with Crippen molar-refractivity contribution in [3.63, 3.8) is 0 Å². The van der Waals surface area contributed by atoms with E-state index in [0.29, 0.717) is 13.0 Å². The number of halogens is 3. The van der Waals surface area contributed by atoms with Crippen LogP contribution in [0.25, 0.3) is 0 Å². The zero-order valence-electron chi connectivity index (χ0n) is 10.9. The van der Waals surface area contributed by atoms with Crippen LogP contribution in [-0.4, -0.2) is 18.1 Å². The Balaban J connectivity index is 2.20. The van der Waals surface area contributed by atoms with E-state index in [1.54, 1.807) is 6.92 Å². The van der Waals surface area contributed by atoms with Gasteiger partial charge in [-0.1, -0.05) is 0 Å². The van der Waals surface area contributed by atoms with E-state index in [0.717, 1.165) is 18.6 Å². The summed E-state index contributed by atoms with van der Waals surface area (Å²) >= 11 is 0. The molecule has 3 N–H and O–H groups in total. The van der Waals surface area contributed by atoms with Crippen LogP contribution in [0.1, 0.15) is 25.3 Å². The van der Waals surface area contributed by atoms with E-state index < -0.39 is 23.2 Å². The molecule has 1 aromatic carbocycles. The van der Waals surface area contributed by atoms with Crippen molar-refractivity contribution in [3.8, 4) is 0 Å². The number of nitrogen functional groups attached to an aromatic ring is 1. The molecule has 4 nitrogen and oxygen atoms in total. The first-order valence-corrected chi connectivity index (χ1v) is 6.14. The van der Waals surface area contributed by atoms with Gasteiger partial charge >= 0.3 is 6.18 Å². The Morgan fingerprint density at radius 2 is 2.15 bits per heavy atom. The summed E-state index contributed by atoms with van der Waals surface area (Å²) in [6.07, 6.45) is -3.27. The minimum atomic E-state index is -4.56. The Kier molecular flexibility index (Phi) is 3.64. The van der Waals surface area contributed by atoms with Crippen LogP contribution in [0.2, 0.25) is 0 Å². The van der Waals surface area contributed by atoms with Gasteiger partial charge in [0.15, 0.2) is 0 Å². The summed E-state index contributed by atoms with van der Waals surface area (Å²) in [4.78, 5) is 12.0. The Labute approximate surface area is 114 Å². The third kappa shape index (κ3) is 2.87. The quantitative estimate of drug-likeness (QED) is 0.822. The van der Waals surface area contributed by atoms with Crippen LogP contribution in [0, 0.1) is 0 Å². The number of ether oxygens (including phenoxy) is 1. The van der Waals surface area contributed by atoms with E-state index in [4.69, 9.17) is 10.5 Å². The number of alkyl halides is 3. The molecule has 1 atom stereocenters. The van der Waals surface area contributed by atoms with Crippen LogP contribution in [0.5, 0.6) is 0 Å². The number of anilines is 2. The molecule has 0 bridgehead atoms. The first-order chi connectivity index (χ1) is 9.22. The summed E-state index contributed by atoms with van der Waals surface area (Å²) < 4.78 is 43.5. The number of hydrogen-bond acceptors (Lipinski definition) is 3. The van der Waals surface area contributed by atoms with Crippen LogP contribution in [0.3, 0.4) is 0 Å². The highest BCUT2D eigenvalue weighted by Gasteiger charge is 2.38. The Hall–Kier alpha value is -1.76. The minimum Gasteiger partial charge on any atom is -0.398 e. The SMILES string of the molecule is CC1(C(=O)Nc2ccc(N)c(C(F)(F)F)c2)CCCO1. The second-order valence-electron chi connectivity index (χ2n) is 4.94. The number of hydrogen-bond donors (Lipinski definition) is 2. The predicted molar refractivity (Wildman–Crippen MR) is 68.1 cm³/mol. The molecule has 1 amide bonds. The number of amides is 1. The molecule has 1 unspecified atom stereocenters. The van der Waals surface area contributed by atoms with E-state index in [9.17, 15) is 18.0 Å². The fourth-order valence-corrected chi connectivity index (χ4v) is 2.10. The lowest BCUT2D eigenvalue weighted by Gasteiger charge is -2.22. The monoisotopic (exact) mass is 288 g/mol. The Bertz CT molecular complexity index is 523. The molecule has 20 heavy (non-hydrogen) atoms. The molecule has 1 aliphatic rings. The summed E-state index contributed by atoms with van der Waals surface area (Å²) in [5.41, 5.74) is 3.02. The van der Waals surface area contributed by atoms with Crippen LogP contribution in [0.15, 0.2) is 18.2 Å². The minimum absolute atomic E-state index is 0.0493. The lowest BCUT2D eigenvalue weighted by Crippen LogP contribution is -2.39. The van der Waals surface area contributed by atoms with Gasteiger partial charge in [-0.05, 0) is 38.0 Å². The number of nitrogens with one attached hydrogen (secondary N) is 1. The van der Waals surface area contributed by atoms with Gasteiger partial charge in [-0.25, -0.2) is 0 Å². The fraction of sp³-hybridized carbons (Fsp3) is 0.462. The summed E-state index contributed by atoms with van der Waals surface area (Å²) in [6.45, 7) is 2.09. The van der Waals surface area contributed by atoms with Crippen molar-refractivity contribution < 1.29 is 22.7 Å². The topological polar surface area (TPSA) is 64.4 Å². The maximum atomic E-state index is 12.7. The predicted octanol–water partition coefficient (Wildman–Crippen LogP) is 2.80. The van der Waals surface area contributed by atoms with E-state index in [1.165, 1.54) is 6.07 Å². The summed E-state index contributed by atoms with van der Waals surface area (Å²) in [5.74, 6) is -0.451. The maximum absolute atomic E-state index is 12.7. The van der Waals surface area contributed by atoms with Gasteiger partial charge in [-0.15, -0.1) is 0 Å². The zero-order valence-corrected chi connectivity index (χ0v) is 10.9. The third-order valence-corrected chi connectivity index (χ3v) is 3.32. The van der Waals surface area contributed by atoms with Crippen molar-refractivity contribution >= 4 is 17.3 Å². The number of carbonyl (C=O) groups is 1. The van der Waals surface area contributed by atoms with Gasteiger partial charge in [-0.3, -0.25) is 4.79 Å². The van der Waals surface area contributed by atoms with Crippen LogP contribution in [-0.2, 0) is 15.7 Å². The highest BCUT2D eigenvalue weighted by Crippen LogP contribution is 2.35. The Morgan fingerprint density at radius 1 is 1.45 bits per heavy atom. The standard InChI is InChI=1S/C13H15F3N2O2/c1-12(5-2-6-20-12)11(19)18-8-3-4-10(17)9(7-8)13(14,15)16/h3-4,7H,2,5-6,17H2,1H3,(H,18,19). The van der Waals surface area contributed by atoms with Crippen molar-refractivity contribution in [3.05, 3.63) is 23.8 Å². The molecule has 1 fully saturated rings. The molecule has 110 valence electrons. The molecular weight excluding hydrogens is 273 g/mol. The van der Waals surface area contributed by atoms with Crippen molar-refractivity contribution in [2.24, 2.45) is 0 Å². The van der Waals surface area contributed by atoms with Gasteiger partial charge in [0.1, 0.15) is 5.60 Å². The largest absolute Gasteiger partial charge is 0.418 e. The number of benzene rings is 1. The van der Waals surface area contributed by atoms with Gasteiger partial charge < -0.3 is 15.8 Å². The smallest absolute Gasteiger partial charge is 0.398 e. The highest BCUT2D eigenvalue weighted by atomic mass is 19.4. The molecule has 2 rings (SSSR count). The number of carbonyl (C=O) groups excluding carboxylic acids is 1. The number of nitrogens with two attached hydrogens (primary N) is 1. The zero-order chi connectivity index (χ0) is 15.0. The molecule has 1 heterocycles. The first-order valence-electron chi connectivity index (χ1n) is 6.14. The first kappa shape index (κ1) is 14.6. The fourth-order valence-electron chi connectivity index (χ4n) is 2.10. The van der Waals surface area contributed by atoms with Gasteiger partial charge in [0.25, 0.3) is 5.91 Å². The van der Waals surface area contributed by atoms with Gasteiger partial charge in [-0.2, -0.15) is 13.2 Å². The van der Waals surface area contributed by atoms with E-state index in [1.807, 2.05) is 0 Å². The maximum Gasteiger partial charge on any atom is 0.418 e. The van der Waals surface area contributed by atoms with Crippen LogP contribution < -0.4 is 11.1 Å². The molecule has 0 aliphatic carbocycles. The summed E-state index contributed by atoms with van der Waals surface area (Å²) in [5, 5.41) is 2.44. The van der Waals surface area contributed by atoms with Crippen molar-refractivity contribution in [2.45, 2.75) is 31.5 Å². The van der Waals surface area contributed by atoms with Gasteiger partial charge in [0.2, 0.25) is 0 Å².